The number of amides is 1. The molecule has 1 saturated heterocycles. The number of nitrogens with one attached hydrogen (secondary N) is 1. The van der Waals surface area contributed by atoms with Crippen LogP contribution in [-0.2, 0) is 6.42 Å². The quantitative estimate of drug-likeness (QED) is 0.915. The van der Waals surface area contributed by atoms with Crippen LogP contribution in [0.5, 0.6) is 0 Å². The highest BCUT2D eigenvalue weighted by Gasteiger charge is 2.32. The van der Waals surface area contributed by atoms with Gasteiger partial charge in [-0.05, 0) is 37.7 Å². The van der Waals surface area contributed by atoms with Gasteiger partial charge >= 0.3 is 0 Å². The fourth-order valence-electron chi connectivity index (χ4n) is 3.70. The van der Waals surface area contributed by atoms with Gasteiger partial charge in [-0.1, -0.05) is 25.9 Å². The van der Waals surface area contributed by atoms with Crippen LogP contribution in [0.25, 0.3) is 11.1 Å². The van der Waals surface area contributed by atoms with Gasteiger partial charge in [0.15, 0.2) is 0 Å². The summed E-state index contributed by atoms with van der Waals surface area (Å²) >= 11 is 0. The number of aromatic nitrogens is 2. The molecule has 1 aliphatic heterocycles. The van der Waals surface area contributed by atoms with E-state index in [9.17, 15) is 4.79 Å². The third-order valence-corrected chi connectivity index (χ3v) is 5.12. The van der Waals surface area contributed by atoms with Gasteiger partial charge in [0.25, 0.3) is 11.6 Å². The molecular formula is C20H28N4O2. The van der Waals surface area contributed by atoms with Crippen molar-refractivity contribution in [3.05, 3.63) is 23.0 Å². The van der Waals surface area contributed by atoms with E-state index < -0.39 is 0 Å². The number of carbonyl (C=O) groups is 1. The largest absolute Gasteiger partial charge is 0.336 e. The lowest BCUT2D eigenvalue weighted by atomic mass is 9.89. The molecule has 1 amide bonds. The summed E-state index contributed by atoms with van der Waals surface area (Å²) in [6, 6.07) is 2.31. The van der Waals surface area contributed by atoms with E-state index in [0.717, 1.165) is 55.7 Å². The summed E-state index contributed by atoms with van der Waals surface area (Å²) in [4.78, 5) is 20.0. The maximum atomic E-state index is 13.4. The van der Waals surface area contributed by atoms with E-state index >= 15 is 0 Å². The van der Waals surface area contributed by atoms with Crippen LogP contribution < -0.4 is 5.32 Å². The Labute approximate surface area is 154 Å². The van der Waals surface area contributed by atoms with E-state index in [1.807, 2.05) is 11.0 Å². The highest BCUT2D eigenvalue weighted by molar-refractivity contribution is 6.06. The summed E-state index contributed by atoms with van der Waals surface area (Å²) in [6.07, 6.45) is 3.03. The van der Waals surface area contributed by atoms with Crippen molar-refractivity contribution in [3.8, 4) is 0 Å². The minimum atomic E-state index is 0.0584. The normalized spacial score (nSPS) is 21.4. The molecule has 0 aromatic carbocycles. The van der Waals surface area contributed by atoms with E-state index in [1.54, 1.807) is 0 Å². The summed E-state index contributed by atoms with van der Waals surface area (Å²) in [5, 5.41) is 8.49. The second-order valence-electron chi connectivity index (χ2n) is 9.02. The van der Waals surface area contributed by atoms with Crippen molar-refractivity contribution in [2.45, 2.75) is 58.9 Å². The topological polar surface area (TPSA) is 71.3 Å². The van der Waals surface area contributed by atoms with Crippen LogP contribution in [0.4, 0.5) is 0 Å². The molecule has 0 radical (unpaired) electrons. The third kappa shape index (κ3) is 3.47. The molecule has 1 unspecified atom stereocenters. The van der Waals surface area contributed by atoms with E-state index in [2.05, 4.69) is 43.2 Å². The molecule has 26 heavy (non-hydrogen) atoms. The van der Waals surface area contributed by atoms with Gasteiger partial charge in [-0.15, -0.1) is 0 Å². The minimum Gasteiger partial charge on any atom is -0.336 e. The first kappa shape index (κ1) is 17.5. The Morgan fingerprint density at radius 3 is 2.81 bits per heavy atom. The molecule has 4 rings (SSSR count). The predicted octanol–water partition coefficient (Wildman–Crippen LogP) is 3.12. The van der Waals surface area contributed by atoms with E-state index in [-0.39, 0.29) is 11.3 Å². The Bertz CT molecular complexity index is 832. The minimum absolute atomic E-state index is 0.0584. The van der Waals surface area contributed by atoms with Gasteiger partial charge in [0.05, 0.1) is 16.6 Å². The third-order valence-electron chi connectivity index (χ3n) is 5.12. The zero-order chi connectivity index (χ0) is 18.5. The molecule has 0 spiro atoms. The molecule has 6 heteroatoms. The van der Waals surface area contributed by atoms with Crippen molar-refractivity contribution in [3.63, 3.8) is 0 Å². The molecular weight excluding hydrogens is 328 g/mol. The predicted molar refractivity (Wildman–Crippen MR) is 100 cm³/mol. The number of fused-ring (bicyclic) bond motifs is 1. The van der Waals surface area contributed by atoms with Crippen molar-refractivity contribution < 1.29 is 9.32 Å². The van der Waals surface area contributed by atoms with Gasteiger partial charge < -0.3 is 14.7 Å². The van der Waals surface area contributed by atoms with Crippen molar-refractivity contribution in [2.75, 3.05) is 19.6 Å². The molecule has 2 fully saturated rings. The molecule has 1 atom stereocenters. The van der Waals surface area contributed by atoms with Gasteiger partial charge in [0.2, 0.25) is 0 Å². The van der Waals surface area contributed by atoms with Crippen molar-refractivity contribution in [1.29, 1.82) is 0 Å². The van der Waals surface area contributed by atoms with E-state index in [0.29, 0.717) is 23.2 Å². The van der Waals surface area contributed by atoms with Gasteiger partial charge in [-0.25, -0.2) is 4.98 Å². The van der Waals surface area contributed by atoms with E-state index in [1.165, 1.54) is 0 Å². The molecule has 2 aromatic heterocycles. The van der Waals surface area contributed by atoms with Crippen LogP contribution in [0.1, 0.15) is 68.2 Å². The molecule has 0 bridgehead atoms. The van der Waals surface area contributed by atoms with Crippen LogP contribution >= 0.6 is 0 Å². The fraction of sp³-hybridized carbons (Fsp3) is 0.650. The maximum Gasteiger partial charge on any atom is 0.259 e. The highest BCUT2D eigenvalue weighted by atomic mass is 16.5. The molecule has 1 N–H and O–H groups in total. The smallest absolute Gasteiger partial charge is 0.259 e. The second-order valence-corrected chi connectivity index (χ2v) is 9.02. The summed E-state index contributed by atoms with van der Waals surface area (Å²) in [6.45, 7) is 10.9. The van der Waals surface area contributed by atoms with E-state index in [4.69, 9.17) is 4.52 Å². The molecule has 6 nitrogen and oxygen atoms in total. The Kier molecular flexibility index (Phi) is 4.26. The fourth-order valence-corrected chi connectivity index (χ4v) is 3.70. The number of nitrogens with zero attached hydrogens (tertiary/aromatic N) is 3. The molecule has 2 aromatic rings. The van der Waals surface area contributed by atoms with Crippen LogP contribution in [0.15, 0.2) is 10.6 Å². The van der Waals surface area contributed by atoms with Gasteiger partial charge in [-0.3, -0.25) is 4.79 Å². The van der Waals surface area contributed by atoms with Crippen molar-refractivity contribution in [2.24, 2.45) is 5.41 Å². The van der Waals surface area contributed by atoms with Gasteiger partial charge in [0, 0.05) is 37.3 Å². The molecule has 2 aliphatic rings. The second kappa shape index (κ2) is 6.34. The monoisotopic (exact) mass is 356 g/mol. The number of pyridine rings is 1. The molecule has 1 saturated carbocycles. The Hall–Kier alpha value is -1.95. The Morgan fingerprint density at radius 1 is 1.38 bits per heavy atom. The summed E-state index contributed by atoms with van der Waals surface area (Å²) in [5.41, 5.74) is 3.10. The number of carbonyl (C=O) groups excluding carboxylic acids is 1. The zero-order valence-corrected chi connectivity index (χ0v) is 16.1. The van der Waals surface area contributed by atoms with Gasteiger partial charge in [0.1, 0.15) is 0 Å². The number of hydrogen-bond acceptors (Lipinski definition) is 5. The van der Waals surface area contributed by atoms with Crippen LogP contribution in [0, 0.1) is 5.41 Å². The first-order valence-electron chi connectivity index (χ1n) is 9.64. The summed E-state index contributed by atoms with van der Waals surface area (Å²) in [7, 11) is 0. The summed E-state index contributed by atoms with van der Waals surface area (Å²) < 4.78 is 5.57. The van der Waals surface area contributed by atoms with Crippen molar-refractivity contribution >= 4 is 17.0 Å². The van der Waals surface area contributed by atoms with Crippen LogP contribution in [0.2, 0.25) is 0 Å². The Balaban J connectivity index is 1.79. The number of piperazine rings is 1. The first-order chi connectivity index (χ1) is 12.3. The Morgan fingerprint density at radius 2 is 2.15 bits per heavy atom. The SMILES string of the molecule is CC1CN(C(=O)c2cc(C3CC3)nc3onc(CC(C)(C)C)c23)CCN1. The highest BCUT2D eigenvalue weighted by Crippen LogP contribution is 2.41. The zero-order valence-electron chi connectivity index (χ0n) is 16.1. The lowest BCUT2D eigenvalue weighted by Gasteiger charge is -2.32. The van der Waals surface area contributed by atoms with Crippen molar-refractivity contribution in [1.82, 2.24) is 20.4 Å². The number of rotatable bonds is 3. The number of hydrogen-bond donors (Lipinski definition) is 1. The molecule has 3 heterocycles. The van der Waals surface area contributed by atoms with Gasteiger partial charge in [-0.2, -0.15) is 0 Å². The lowest BCUT2D eigenvalue weighted by Crippen LogP contribution is -2.51. The maximum absolute atomic E-state index is 13.4. The standard InChI is InChI=1S/C20H28N4O2/c1-12-11-24(8-7-21-12)19(25)14-9-15(13-5-6-13)22-18-17(14)16(23-26-18)10-20(2,3)4/h9,12-13,21H,5-8,10-11H2,1-4H3. The van der Waals surface area contributed by atoms with Crippen LogP contribution in [-0.4, -0.2) is 46.6 Å². The first-order valence-corrected chi connectivity index (χ1v) is 9.64. The lowest BCUT2D eigenvalue weighted by molar-refractivity contribution is 0.0710. The average molecular weight is 356 g/mol. The average Bonchev–Trinajstić information content (AvgIpc) is 3.35. The molecule has 1 aliphatic carbocycles. The summed E-state index contributed by atoms with van der Waals surface area (Å²) in [5.74, 6) is 0.537. The molecule has 140 valence electrons. The van der Waals surface area contributed by atoms with Crippen LogP contribution in [0.3, 0.4) is 0 Å².